The molecule has 0 heterocycles. The lowest BCUT2D eigenvalue weighted by Crippen LogP contribution is -2.43. The first-order chi connectivity index (χ1) is 12.9. The average Bonchev–Trinajstić information content (AvgIpc) is 2.50. The molecule has 0 aliphatic heterocycles. The van der Waals surface area contributed by atoms with Gasteiger partial charge in [-0.05, 0) is 60.5 Å². The molecule has 7 heteroatoms. The summed E-state index contributed by atoms with van der Waals surface area (Å²) in [6, 6.07) is 2.15. The smallest absolute Gasteiger partial charge is 0.444 e. The Kier molecular flexibility index (Phi) is 6.43. The third-order valence-electron chi connectivity index (χ3n) is 4.30. The van der Waals surface area contributed by atoms with Gasteiger partial charge in [-0.1, -0.05) is 11.6 Å². The topological polar surface area (TPSA) is 97.7 Å². The zero-order valence-electron chi connectivity index (χ0n) is 17.5. The van der Waals surface area contributed by atoms with Crippen molar-refractivity contribution in [3.05, 3.63) is 23.5 Å². The molecule has 1 fully saturated rings. The molecule has 2 aliphatic carbocycles. The molecule has 0 aromatic carbocycles. The molecule has 154 valence electrons. The summed E-state index contributed by atoms with van der Waals surface area (Å²) in [4.78, 5) is 23.9. The fraction of sp³-hybridized carbons (Fsp3) is 0.667. The van der Waals surface area contributed by atoms with Crippen LogP contribution in [-0.2, 0) is 14.2 Å². The van der Waals surface area contributed by atoms with Gasteiger partial charge in [0.2, 0.25) is 0 Å². The monoisotopic (exact) mass is 390 g/mol. The summed E-state index contributed by atoms with van der Waals surface area (Å²) in [5.74, 6) is 0.0344. The molecule has 1 N–H and O–H groups in total. The van der Waals surface area contributed by atoms with Gasteiger partial charge in [0, 0.05) is 18.4 Å². The Morgan fingerprint density at radius 2 is 1.79 bits per heavy atom. The van der Waals surface area contributed by atoms with E-state index in [0.717, 1.165) is 5.57 Å². The van der Waals surface area contributed by atoms with Gasteiger partial charge in [-0.15, -0.1) is 0 Å². The number of rotatable bonds is 2. The van der Waals surface area contributed by atoms with Crippen molar-refractivity contribution >= 4 is 12.2 Å². The van der Waals surface area contributed by atoms with Crippen molar-refractivity contribution in [2.75, 3.05) is 0 Å². The zero-order valence-corrected chi connectivity index (χ0v) is 17.5. The van der Waals surface area contributed by atoms with E-state index in [0.29, 0.717) is 25.0 Å². The molecule has 0 aromatic rings. The number of ether oxygens (including phenoxy) is 3. The molecule has 0 aromatic heterocycles. The lowest BCUT2D eigenvalue weighted by Gasteiger charge is -2.36. The summed E-state index contributed by atoms with van der Waals surface area (Å²) in [7, 11) is 0. The summed E-state index contributed by atoms with van der Waals surface area (Å²) < 4.78 is 15.8. The van der Waals surface area contributed by atoms with Gasteiger partial charge in [-0.25, -0.2) is 9.59 Å². The van der Waals surface area contributed by atoms with Gasteiger partial charge in [0.1, 0.15) is 17.0 Å². The Bertz CT molecular complexity index is 719. The quantitative estimate of drug-likeness (QED) is 0.547. The van der Waals surface area contributed by atoms with Gasteiger partial charge in [-0.3, -0.25) is 0 Å². The van der Waals surface area contributed by atoms with Crippen LogP contribution in [0.3, 0.4) is 0 Å². The van der Waals surface area contributed by atoms with Crippen LogP contribution in [-0.4, -0.2) is 29.5 Å². The second-order valence-corrected chi connectivity index (χ2v) is 9.23. The van der Waals surface area contributed by atoms with Crippen molar-refractivity contribution in [3.8, 4) is 6.07 Å². The number of carbonyl (C=O) groups excluding carboxylic acids is 2. The maximum Gasteiger partial charge on any atom is 0.514 e. The lowest BCUT2D eigenvalue weighted by atomic mass is 9.72. The summed E-state index contributed by atoms with van der Waals surface area (Å²) >= 11 is 0. The molecule has 1 saturated carbocycles. The Balaban J connectivity index is 2.01. The minimum atomic E-state index is -0.746. The Hall–Kier alpha value is -2.49. The van der Waals surface area contributed by atoms with Crippen LogP contribution >= 0.6 is 0 Å². The zero-order chi connectivity index (χ0) is 21.1. The average molecular weight is 390 g/mol. The molecule has 0 saturated heterocycles. The van der Waals surface area contributed by atoms with Gasteiger partial charge in [-0.2, -0.15) is 5.26 Å². The van der Waals surface area contributed by atoms with Crippen LogP contribution < -0.4 is 5.32 Å². The number of alkyl carbamates (subject to hydrolysis) is 1. The van der Waals surface area contributed by atoms with Crippen molar-refractivity contribution in [3.63, 3.8) is 0 Å². The van der Waals surface area contributed by atoms with Crippen LogP contribution in [0.1, 0.15) is 60.8 Å². The van der Waals surface area contributed by atoms with E-state index in [1.807, 2.05) is 32.9 Å². The van der Waals surface area contributed by atoms with E-state index in [2.05, 4.69) is 11.4 Å². The first-order valence-corrected chi connectivity index (χ1v) is 9.56. The molecular weight excluding hydrogens is 360 g/mol. The highest BCUT2D eigenvalue weighted by Gasteiger charge is 2.36. The summed E-state index contributed by atoms with van der Waals surface area (Å²) in [5, 5.41) is 12.5. The van der Waals surface area contributed by atoms with Gasteiger partial charge in [0.15, 0.2) is 0 Å². The van der Waals surface area contributed by atoms with E-state index >= 15 is 0 Å². The molecule has 7 nitrogen and oxygen atoms in total. The summed E-state index contributed by atoms with van der Waals surface area (Å²) in [5.41, 5.74) is -0.139. The Morgan fingerprint density at radius 3 is 2.36 bits per heavy atom. The number of amides is 1. The second kappa shape index (κ2) is 8.26. The van der Waals surface area contributed by atoms with E-state index < -0.39 is 23.5 Å². The number of hydrogen-bond donors (Lipinski definition) is 1. The Morgan fingerprint density at radius 1 is 1.14 bits per heavy atom. The van der Waals surface area contributed by atoms with Gasteiger partial charge < -0.3 is 19.5 Å². The van der Waals surface area contributed by atoms with Crippen LogP contribution in [0.2, 0.25) is 0 Å². The highest BCUT2D eigenvalue weighted by molar-refractivity contribution is 5.68. The number of nitriles is 1. The van der Waals surface area contributed by atoms with Crippen molar-refractivity contribution in [2.24, 2.45) is 11.8 Å². The van der Waals surface area contributed by atoms with E-state index in [1.165, 1.54) is 0 Å². The maximum atomic E-state index is 12.1. The lowest BCUT2D eigenvalue weighted by molar-refractivity contribution is 0.00524. The van der Waals surface area contributed by atoms with Crippen LogP contribution in [0.5, 0.6) is 0 Å². The minimum Gasteiger partial charge on any atom is -0.444 e. The molecule has 2 rings (SSSR count). The number of hydrogen-bond acceptors (Lipinski definition) is 6. The van der Waals surface area contributed by atoms with Crippen molar-refractivity contribution < 1.29 is 23.8 Å². The number of allylic oxidation sites excluding steroid dienone is 2. The van der Waals surface area contributed by atoms with Crippen LogP contribution in [0.25, 0.3) is 0 Å². The largest absolute Gasteiger partial charge is 0.514 e. The third kappa shape index (κ3) is 6.59. The molecule has 3 atom stereocenters. The predicted molar refractivity (Wildman–Crippen MR) is 103 cm³/mol. The fourth-order valence-electron chi connectivity index (χ4n) is 3.33. The van der Waals surface area contributed by atoms with E-state index in [1.54, 1.807) is 20.8 Å². The first kappa shape index (κ1) is 21.8. The number of nitrogens with zero attached hydrogens (tertiary/aromatic N) is 1. The van der Waals surface area contributed by atoms with Gasteiger partial charge in [0.25, 0.3) is 0 Å². The van der Waals surface area contributed by atoms with Crippen molar-refractivity contribution in [2.45, 2.75) is 78.0 Å². The SMILES string of the molecule is CC(C)(C)OC(=O)N[C@@H]1CC2=CCC(OC(=O)OC(C)(C)C)=C[C@H]2[C@H](C#N)C1. The van der Waals surface area contributed by atoms with Crippen LogP contribution in [0.4, 0.5) is 9.59 Å². The number of fused-ring (bicyclic) bond motifs is 1. The van der Waals surface area contributed by atoms with E-state index in [-0.39, 0.29) is 17.9 Å². The molecule has 28 heavy (non-hydrogen) atoms. The highest BCUT2D eigenvalue weighted by Crippen LogP contribution is 2.39. The predicted octanol–water partition coefficient (Wildman–Crippen LogP) is 4.60. The van der Waals surface area contributed by atoms with Crippen molar-refractivity contribution in [1.29, 1.82) is 5.26 Å². The van der Waals surface area contributed by atoms with E-state index in [9.17, 15) is 14.9 Å². The van der Waals surface area contributed by atoms with Crippen LogP contribution in [0.15, 0.2) is 23.5 Å². The first-order valence-electron chi connectivity index (χ1n) is 9.56. The van der Waals surface area contributed by atoms with Gasteiger partial charge >= 0.3 is 12.2 Å². The molecule has 0 unspecified atom stereocenters. The molecule has 1 amide bonds. The summed E-state index contributed by atoms with van der Waals surface area (Å²) in [6.45, 7) is 10.7. The molecule has 0 spiro atoms. The van der Waals surface area contributed by atoms with Crippen molar-refractivity contribution in [1.82, 2.24) is 5.32 Å². The molecule has 2 aliphatic rings. The fourth-order valence-corrected chi connectivity index (χ4v) is 3.33. The molecule has 0 bridgehead atoms. The second-order valence-electron chi connectivity index (χ2n) is 9.23. The molecule has 0 radical (unpaired) electrons. The standard InChI is InChI=1S/C21H30N2O5/c1-20(2,3)27-18(24)23-15-9-13-7-8-16(11-17(13)14(10-15)12-22)26-19(25)28-21(4,5)6/h7,11,14-15,17H,8-10H2,1-6H3,(H,23,24)/t14-,15+,17+/m0/s1. The minimum absolute atomic E-state index is 0.132. The normalized spacial score (nSPS) is 24.7. The van der Waals surface area contributed by atoms with Crippen LogP contribution in [0, 0.1) is 23.2 Å². The number of nitrogens with one attached hydrogen (secondary N) is 1. The van der Waals surface area contributed by atoms with E-state index in [4.69, 9.17) is 14.2 Å². The number of carbonyl (C=O) groups is 2. The Labute approximate surface area is 166 Å². The maximum absolute atomic E-state index is 12.1. The molecular formula is C21H30N2O5. The van der Waals surface area contributed by atoms with Gasteiger partial charge in [0.05, 0.1) is 12.0 Å². The summed E-state index contributed by atoms with van der Waals surface area (Å²) in [6.07, 6.45) is 4.17. The third-order valence-corrected chi connectivity index (χ3v) is 4.30. The highest BCUT2D eigenvalue weighted by atomic mass is 16.7.